The van der Waals surface area contributed by atoms with Gasteiger partial charge in [-0.2, -0.15) is 0 Å². The molecule has 0 amide bonds. The van der Waals surface area contributed by atoms with E-state index in [1.165, 1.54) is 38.5 Å². The zero-order valence-electron chi connectivity index (χ0n) is 13.1. The van der Waals surface area contributed by atoms with Crippen LogP contribution in [-0.4, -0.2) is 6.10 Å². The predicted octanol–water partition coefficient (Wildman–Crippen LogP) is 4.59. The molecule has 0 fully saturated rings. The van der Waals surface area contributed by atoms with Gasteiger partial charge in [-0.25, -0.2) is 4.79 Å². The molecule has 0 aliphatic carbocycles. The molecule has 4 nitrogen and oxygen atoms in total. The highest BCUT2D eigenvalue weighted by atomic mass is 16.6. The molecule has 116 valence electrons. The van der Waals surface area contributed by atoms with Crippen molar-refractivity contribution in [2.24, 2.45) is 0 Å². The molecule has 0 spiro atoms. The Morgan fingerprint density at radius 1 is 1.00 bits per heavy atom. The number of rotatable bonds is 11. The van der Waals surface area contributed by atoms with Crippen LogP contribution in [0.15, 0.2) is 13.6 Å². The number of ether oxygens (including phenoxy) is 1. The van der Waals surface area contributed by atoms with Crippen LogP contribution in [0.2, 0.25) is 0 Å². The summed E-state index contributed by atoms with van der Waals surface area (Å²) in [7, 11) is 0. The monoisotopic (exact) mass is 284 g/mol. The van der Waals surface area contributed by atoms with Crippen molar-refractivity contribution in [1.29, 1.82) is 0 Å². The normalized spacial score (nSPS) is 11.4. The minimum absolute atomic E-state index is 0.257. The molecule has 4 heteroatoms. The minimum Gasteiger partial charge on any atom is -0.396 e. The molecule has 0 radical (unpaired) electrons. The van der Waals surface area contributed by atoms with Crippen molar-refractivity contribution in [3.63, 3.8) is 0 Å². The van der Waals surface area contributed by atoms with Crippen molar-refractivity contribution in [2.45, 2.75) is 84.8 Å². The fourth-order valence-electron chi connectivity index (χ4n) is 2.25. The third-order valence-electron chi connectivity index (χ3n) is 3.55. The van der Waals surface area contributed by atoms with E-state index in [0.717, 1.165) is 12.8 Å². The van der Waals surface area contributed by atoms with Gasteiger partial charge >= 0.3 is 5.82 Å². The van der Waals surface area contributed by atoms with Gasteiger partial charge in [-0.1, -0.05) is 52.4 Å². The molecule has 0 aliphatic rings. The Morgan fingerprint density at radius 2 is 1.60 bits per heavy atom. The highest BCUT2D eigenvalue weighted by Crippen LogP contribution is 2.17. The maximum atomic E-state index is 11.0. The fourth-order valence-corrected chi connectivity index (χ4v) is 2.25. The quantitative estimate of drug-likeness (QED) is 0.558. The molecule has 0 aliphatic heterocycles. The lowest BCUT2D eigenvalue weighted by atomic mass is 10.0. The van der Waals surface area contributed by atoms with Crippen LogP contribution in [0.5, 0.6) is 0 Å². The van der Waals surface area contributed by atoms with Crippen LogP contribution in [0.4, 0.5) is 0 Å². The number of hydrogen-bond donors (Lipinski definition) is 0. The van der Waals surface area contributed by atoms with E-state index >= 15 is 0 Å². The molecule has 0 aromatic carbocycles. The van der Waals surface area contributed by atoms with Gasteiger partial charge in [0.1, 0.15) is 12.4 Å². The van der Waals surface area contributed by atoms with Crippen LogP contribution in [0.3, 0.4) is 0 Å². The summed E-state index contributed by atoms with van der Waals surface area (Å²) >= 11 is 0. The number of hydrogen-bond acceptors (Lipinski definition) is 4. The van der Waals surface area contributed by atoms with Gasteiger partial charge in [-0.3, -0.25) is 0 Å². The van der Waals surface area contributed by atoms with Crippen molar-refractivity contribution in [1.82, 2.24) is 0 Å². The Bertz CT molecular complexity index is 395. The standard InChI is InChI=1S/C16H28O4/c1-4-6-8-10-14(11-9-7-5-2)18-12-15-13(3)19-16(17)20-15/h14H,4-12H2,1-3H3. The molecule has 20 heavy (non-hydrogen) atoms. The van der Waals surface area contributed by atoms with Gasteiger partial charge in [0.25, 0.3) is 0 Å². The second kappa shape index (κ2) is 9.81. The summed E-state index contributed by atoms with van der Waals surface area (Å²) in [5, 5.41) is 0. The van der Waals surface area contributed by atoms with Gasteiger partial charge in [0.2, 0.25) is 0 Å². The van der Waals surface area contributed by atoms with Gasteiger partial charge in [0.05, 0.1) is 6.10 Å². The summed E-state index contributed by atoms with van der Waals surface area (Å²) in [6, 6.07) is 0. The van der Waals surface area contributed by atoms with Crippen LogP contribution >= 0.6 is 0 Å². The Hall–Kier alpha value is -1.03. The molecule has 1 rings (SSSR count). The molecule has 1 heterocycles. The molecule has 0 bridgehead atoms. The summed E-state index contributed by atoms with van der Waals surface area (Å²) < 4.78 is 15.7. The number of aryl methyl sites for hydroxylation is 1. The summed E-state index contributed by atoms with van der Waals surface area (Å²) in [5.74, 6) is 0.400. The first kappa shape index (κ1) is 17.0. The average molecular weight is 284 g/mol. The SMILES string of the molecule is CCCCCC(CCCCC)OCc1oc(=O)oc1C. The molecule has 0 saturated carbocycles. The summed E-state index contributed by atoms with van der Waals surface area (Å²) in [6.07, 6.45) is 9.74. The largest absolute Gasteiger partial charge is 0.519 e. The molecular formula is C16H28O4. The van der Waals surface area contributed by atoms with E-state index in [4.69, 9.17) is 13.6 Å². The molecule has 0 saturated heterocycles. The van der Waals surface area contributed by atoms with Crippen LogP contribution in [0.25, 0.3) is 0 Å². The predicted molar refractivity (Wildman–Crippen MR) is 78.8 cm³/mol. The third kappa shape index (κ3) is 6.42. The zero-order valence-corrected chi connectivity index (χ0v) is 13.1. The van der Waals surface area contributed by atoms with E-state index in [0.29, 0.717) is 18.1 Å². The first-order valence-electron chi connectivity index (χ1n) is 7.88. The Labute approximate surface area is 121 Å². The van der Waals surface area contributed by atoms with E-state index in [-0.39, 0.29) is 6.10 Å². The lowest BCUT2D eigenvalue weighted by molar-refractivity contribution is 0.0168. The smallest absolute Gasteiger partial charge is 0.396 e. The van der Waals surface area contributed by atoms with Crippen molar-refractivity contribution in [3.8, 4) is 0 Å². The molecule has 0 N–H and O–H groups in total. The van der Waals surface area contributed by atoms with E-state index < -0.39 is 5.82 Å². The summed E-state index contributed by atoms with van der Waals surface area (Å²) in [6.45, 7) is 6.47. The van der Waals surface area contributed by atoms with E-state index in [2.05, 4.69) is 13.8 Å². The Balaban J connectivity index is 2.41. The van der Waals surface area contributed by atoms with Gasteiger partial charge < -0.3 is 13.6 Å². The van der Waals surface area contributed by atoms with Gasteiger partial charge in [0.15, 0.2) is 5.76 Å². The Morgan fingerprint density at radius 3 is 2.05 bits per heavy atom. The van der Waals surface area contributed by atoms with Gasteiger partial charge in [-0.05, 0) is 19.8 Å². The fraction of sp³-hybridized carbons (Fsp3) is 0.812. The Kier molecular flexibility index (Phi) is 8.35. The molecule has 1 aromatic rings. The van der Waals surface area contributed by atoms with Crippen molar-refractivity contribution >= 4 is 0 Å². The second-order valence-corrected chi connectivity index (χ2v) is 5.36. The first-order chi connectivity index (χ1) is 9.67. The lowest BCUT2D eigenvalue weighted by Crippen LogP contribution is -2.13. The first-order valence-corrected chi connectivity index (χ1v) is 7.88. The van der Waals surface area contributed by atoms with Crippen LogP contribution in [0.1, 0.15) is 76.7 Å². The molecular weight excluding hydrogens is 256 g/mol. The van der Waals surface area contributed by atoms with Crippen molar-refractivity contribution in [2.75, 3.05) is 0 Å². The van der Waals surface area contributed by atoms with E-state index in [1.54, 1.807) is 6.92 Å². The average Bonchev–Trinajstić information content (AvgIpc) is 2.74. The topological polar surface area (TPSA) is 52.6 Å². The van der Waals surface area contributed by atoms with Crippen LogP contribution in [-0.2, 0) is 11.3 Å². The number of unbranched alkanes of at least 4 members (excludes halogenated alkanes) is 4. The lowest BCUT2D eigenvalue weighted by Gasteiger charge is -2.17. The van der Waals surface area contributed by atoms with E-state index in [9.17, 15) is 4.79 Å². The molecule has 0 unspecified atom stereocenters. The van der Waals surface area contributed by atoms with Crippen LogP contribution in [0, 0.1) is 6.92 Å². The minimum atomic E-state index is -0.644. The van der Waals surface area contributed by atoms with Gasteiger partial charge in [0, 0.05) is 0 Å². The highest BCUT2D eigenvalue weighted by molar-refractivity contribution is 4.98. The highest BCUT2D eigenvalue weighted by Gasteiger charge is 2.13. The maximum Gasteiger partial charge on any atom is 0.519 e. The zero-order chi connectivity index (χ0) is 14.8. The van der Waals surface area contributed by atoms with Crippen LogP contribution < -0.4 is 5.82 Å². The second-order valence-electron chi connectivity index (χ2n) is 5.36. The molecule has 1 aromatic heterocycles. The van der Waals surface area contributed by atoms with Gasteiger partial charge in [-0.15, -0.1) is 0 Å². The third-order valence-corrected chi connectivity index (χ3v) is 3.55. The van der Waals surface area contributed by atoms with Crippen molar-refractivity contribution < 1.29 is 13.6 Å². The maximum absolute atomic E-state index is 11.0. The molecule has 0 atom stereocenters. The van der Waals surface area contributed by atoms with Crippen molar-refractivity contribution in [3.05, 3.63) is 22.1 Å². The van der Waals surface area contributed by atoms with E-state index in [1.807, 2.05) is 0 Å². The summed E-state index contributed by atoms with van der Waals surface area (Å²) in [4.78, 5) is 11.0. The summed E-state index contributed by atoms with van der Waals surface area (Å²) in [5.41, 5.74) is 0.